The maximum atomic E-state index is 5.67. The molecular formula is C15H20N2O2. The summed E-state index contributed by atoms with van der Waals surface area (Å²) in [6, 6.07) is 6.51. The van der Waals surface area contributed by atoms with Gasteiger partial charge in [0.2, 0.25) is 0 Å². The molecule has 0 saturated carbocycles. The van der Waals surface area contributed by atoms with Gasteiger partial charge in [0.25, 0.3) is 0 Å². The SMILES string of the molecule is COc1ccc2c(C3COCCCN3)cn(C)c2c1. The second kappa shape index (κ2) is 5.23. The summed E-state index contributed by atoms with van der Waals surface area (Å²) in [5.74, 6) is 0.894. The minimum atomic E-state index is 0.277. The lowest BCUT2D eigenvalue weighted by molar-refractivity contribution is 0.132. The van der Waals surface area contributed by atoms with Gasteiger partial charge in [0.1, 0.15) is 5.75 Å². The molecule has 0 radical (unpaired) electrons. The third-order valence-corrected chi connectivity index (χ3v) is 3.74. The van der Waals surface area contributed by atoms with Gasteiger partial charge < -0.3 is 19.4 Å². The van der Waals surface area contributed by atoms with E-state index in [1.54, 1.807) is 7.11 Å². The van der Waals surface area contributed by atoms with Crippen LogP contribution < -0.4 is 10.1 Å². The Kier molecular flexibility index (Phi) is 3.44. The average molecular weight is 260 g/mol. The Morgan fingerprint density at radius 3 is 3.16 bits per heavy atom. The first-order valence-electron chi connectivity index (χ1n) is 6.73. The number of methoxy groups -OCH3 is 1. The molecule has 1 atom stereocenters. The van der Waals surface area contributed by atoms with Crippen LogP contribution in [0.5, 0.6) is 5.75 Å². The molecule has 0 bridgehead atoms. The lowest BCUT2D eigenvalue weighted by Crippen LogP contribution is -2.23. The number of ether oxygens (including phenoxy) is 2. The fourth-order valence-electron chi connectivity index (χ4n) is 2.71. The summed E-state index contributed by atoms with van der Waals surface area (Å²) in [7, 11) is 3.77. The maximum absolute atomic E-state index is 5.67. The third-order valence-electron chi connectivity index (χ3n) is 3.74. The number of aromatic nitrogens is 1. The minimum absolute atomic E-state index is 0.277. The van der Waals surface area contributed by atoms with Crippen molar-refractivity contribution in [1.29, 1.82) is 0 Å². The zero-order valence-corrected chi connectivity index (χ0v) is 11.5. The Bertz CT molecular complexity index is 569. The van der Waals surface area contributed by atoms with Crippen molar-refractivity contribution in [2.75, 3.05) is 26.9 Å². The van der Waals surface area contributed by atoms with E-state index in [-0.39, 0.29) is 6.04 Å². The molecule has 1 saturated heterocycles. The molecule has 1 unspecified atom stereocenters. The molecule has 0 spiro atoms. The zero-order chi connectivity index (χ0) is 13.2. The van der Waals surface area contributed by atoms with E-state index < -0.39 is 0 Å². The average Bonchev–Trinajstić information content (AvgIpc) is 2.64. The molecule has 1 aromatic carbocycles. The lowest BCUT2D eigenvalue weighted by atomic mass is 10.1. The van der Waals surface area contributed by atoms with Crippen molar-refractivity contribution in [2.24, 2.45) is 7.05 Å². The number of nitrogens with one attached hydrogen (secondary N) is 1. The standard InChI is InChI=1S/C15H20N2O2/c1-17-9-13(14-10-19-7-3-6-16-14)12-5-4-11(18-2)8-15(12)17/h4-5,8-9,14,16H,3,6-7,10H2,1-2H3. The number of rotatable bonds is 2. The first-order valence-corrected chi connectivity index (χ1v) is 6.73. The van der Waals surface area contributed by atoms with E-state index in [9.17, 15) is 0 Å². The van der Waals surface area contributed by atoms with E-state index in [1.165, 1.54) is 16.5 Å². The number of hydrogen-bond donors (Lipinski definition) is 1. The highest BCUT2D eigenvalue weighted by molar-refractivity contribution is 5.85. The van der Waals surface area contributed by atoms with Crippen LogP contribution >= 0.6 is 0 Å². The highest BCUT2D eigenvalue weighted by Gasteiger charge is 2.19. The summed E-state index contributed by atoms with van der Waals surface area (Å²) < 4.78 is 13.1. The Hall–Kier alpha value is -1.52. The molecule has 0 amide bonds. The van der Waals surface area contributed by atoms with Crippen molar-refractivity contribution in [3.63, 3.8) is 0 Å². The quantitative estimate of drug-likeness (QED) is 0.899. The van der Waals surface area contributed by atoms with Gasteiger partial charge in [-0.1, -0.05) is 0 Å². The normalized spacial score (nSPS) is 20.4. The summed E-state index contributed by atoms with van der Waals surface area (Å²) in [4.78, 5) is 0. The summed E-state index contributed by atoms with van der Waals surface area (Å²) in [5.41, 5.74) is 2.50. The van der Waals surface area contributed by atoms with Crippen LogP contribution in [0.3, 0.4) is 0 Å². The van der Waals surface area contributed by atoms with Gasteiger partial charge in [-0.15, -0.1) is 0 Å². The van der Waals surface area contributed by atoms with Crippen molar-refractivity contribution in [2.45, 2.75) is 12.5 Å². The van der Waals surface area contributed by atoms with Crippen molar-refractivity contribution in [3.05, 3.63) is 30.0 Å². The molecule has 4 nitrogen and oxygen atoms in total. The van der Waals surface area contributed by atoms with Crippen LogP contribution in [-0.2, 0) is 11.8 Å². The molecule has 4 heteroatoms. The summed E-state index contributed by atoms with van der Waals surface area (Å²) in [6.45, 7) is 2.60. The van der Waals surface area contributed by atoms with Crippen LogP contribution in [0.2, 0.25) is 0 Å². The summed E-state index contributed by atoms with van der Waals surface area (Å²) >= 11 is 0. The molecule has 2 aromatic rings. The van der Waals surface area contributed by atoms with E-state index in [0.717, 1.165) is 31.9 Å². The van der Waals surface area contributed by atoms with Crippen LogP contribution in [-0.4, -0.2) is 31.4 Å². The molecule has 1 fully saturated rings. The van der Waals surface area contributed by atoms with Gasteiger partial charge in [0, 0.05) is 31.3 Å². The Balaban J connectivity index is 2.03. The minimum Gasteiger partial charge on any atom is -0.497 e. The number of hydrogen-bond acceptors (Lipinski definition) is 3. The van der Waals surface area contributed by atoms with Crippen LogP contribution in [0.4, 0.5) is 0 Å². The fraction of sp³-hybridized carbons (Fsp3) is 0.467. The molecule has 1 N–H and O–H groups in total. The summed E-state index contributed by atoms with van der Waals surface area (Å²) in [6.07, 6.45) is 3.27. The topological polar surface area (TPSA) is 35.4 Å². The molecule has 1 aromatic heterocycles. The molecule has 2 heterocycles. The van der Waals surface area contributed by atoms with E-state index in [4.69, 9.17) is 9.47 Å². The van der Waals surface area contributed by atoms with Gasteiger partial charge in [-0.05, 0) is 30.7 Å². The predicted molar refractivity (Wildman–Crippen MR) is 75.7 cm³/mol. The van der Waals surface area contributed by atoms with Crippen molar-refractivity contribution in [3.8, 4) is 5.75 Å². The van der Waals surface area contributed by atoms with E-state index >= 15 is 0 Å². The largest absolute Gasteiger partial charge is 0.497 e. The first-order chi connectivity index (χ1) is 9.29. The van der Waals surface area contributed by atoms with Gasteiger partial charge in [-0.2, -0.15) is 0 Å². The fourth-order valence-corrected chi connectivity index (χ4v) is 2.71. The molecule has 0 aliphatic carbocycles. The molecule has 102 valence electrons. The molecular weight excluding hydrogens is 240 g/mol. The van der Waals surface area contributed by atoms with Crippen LogP contribution in [0.15, 0.2) is 24.4 Å². The van der Waals surface area contributed by atoms with Crippen molar-refractivity contribution in [1.82, 2.24) is 9.88 Å². The maximum Gasteiger partial charge on any atom is 0.120 e. The smallest absolute Gasteiger partial charge is 0.120 e. The predicted octanol–water partition coefficient (Wildman–Crippen LogP) is 2.24. The zero-order valence-electron chi connectivity index (χ0n) is 11.5. The Morgan fingerprint density at radius 2 is 2.32 bits per heavy atom. The van der Waals surface area contributed by atoms with Crippen LogP contribution in [0.1, 0.15) is 18.0 Å². The summed E-state index contributed by atoms with van der Waals surface area (Å²) in [5, 5.41) is 4.83. The third kappa shape index (κ3) is 2.33. The van der Waals surface area contributed by atoms with Gasteiger partial charge in [-0.25, -0.2) is 0 Å². The second-order valence-electron chi connectivity index (χ2n) is 5.01. The van der Waals surface area contributed by atoms with E-state index in [2.05, 4.69) is 35.3 Å². The first kappa shape index (κ1) is 12.5. The van der Waals surface area contributed by atoms with Crippen LogP contribution in [0, 0.1) is 0 Å². The second-order valence-corrected chi connectivity index (χ2v) is 5.01. The lowest BCUT2D eigenvalue weighted by Gasteiger charge is -2.14. The highest BCUT2D eigenvalue weighted by atomic mass is 16.5. The van der Waals surface area contributed by atoms with Gasteiger partial charge in [0.15, 0.2) is 0 Å². The van der Waals surface area contributed by atoms with E-state index in [1.807, 2.05) is 6.07 Å². The molecule has 1 aliphatic heterocycles. The number of aryl methyl sites for hydroxylation is 1. The van der Waals surface area contributed by atoms with Crippen molar-refractivity contribution < 1.29 is 9.47 Å². The molecule has 1 aliphatic rings. The Morgan fingerprint density at radius 1 is 1.42 bits per heavy atom. The van der Waals surface area contributed by atoms with Crippen LogP contribution in [0.25, 0.3) is 10.9 Å². The van der Waals surface area contributed by atoms with Crippen molar-refractivity contribution >= 4 is 10.9 Å². The van der Waals surface area contributed by atoms with Gasteiger partial charge >= 0.3 is 0 Å². The number of nitrogens with zero attached hydrogens (tertiary/aromatic N) is 1. The van der Waals surface area contributed by atoms with Gasteiger partial charge in [-0.3, -0.25) is 0 Å². The Labute approximate surface area is 113 Å². The number of fused-ring (bicyclic) bond motifs is 1. The number of benzene rings is 1. The molecule has 3 rings (SSSR count). The van der Waals surface area contributed by atoms with Gasteiger partial charge in [0.05, 0.1) is 25.3 Å². The monoisotopic (exact) mass is 260 g/mol. The molecule has 19 heavy (non-hydrogen) atoms. The van der Waals surface area contributed by atoms with E-state index in [0.29, 0.717) is 0 Å². The highest BCUT2D eigenvalue weighted by Crippen LogP contribution is 2.29.